The first-order valence-electron chi connectivity index (χ1n) is 7.03. The number of non-ortho nitro benzene ring substituents is 1. The number of nitrogens with zero attached hydrogens (tertiary/aromatic N) is 1. The predicted molar refractivity (Wildman–Crippen MR) is 91.0 cm³/mol. The number of ketones is 1. The third-order valence-corrected chi connectivity index (χ3v) is 4.45. The summed E-state index contributed by atoms with van der Waals surface area (Å²) in [7, 11) is 0. The van der Waals surface area contributed by atoms with Crippen molar-refractivity contribution in [2.75, 3.05) is 5.32 Å². The summed E-state index contributed by atoms with van der Waals surface area (Å²) in [6, 6.07) is 7.66. The van der Waals surface area contributed by atoms with Crippen molar-refractivity contribution in [2.45, 2.75) is 12.0 Å². The minimum absolute atomic E-state index is 0.116. The second-order valence-electron chi connectivity index (χ2n) is 5.53. The Morgan fingerprint density at radius 3 is 2.48 bits per heavy atom. The van der Waals surface area contributed by atoms with Crippen LogP contribution in [0.2, 0.25) is 10.0 Å². The van der Waals surface area contributed by atoms with Crippen molar-refractivity contribution in [2.24, 2.45) is 0 Å². The number of fused-ring (bicyclic) bond motifs is 1. The standard InChI is InChI=1S/C16H10Cl2N2O5/c17-9-5-11-14(12(18)6-9)19-15(22)16(11,23)7-13(21)8-1-3-10(4-2-8)20(24)25/h1-6,23H,7H2,(H,19,22)/t16-/m1/s1. The lowest BCUT2D eigenvalue weighted by Crippen LogP contribution is -2.36. The van der Waals surface area contributed by atoms with Crippen LogP contribution >= 0.6 is 23.2 Å². The largest absolute Gasteiger partial charge is 0.375 e. The number of hydrogen-bond donors (Lipinski definition) is 2. The van der Waals surface area contributed by atoms with Crippen LogP contribution in [0.4, 0.5) is 11.4 Å². The summed E-state index contributed by atoms with van der Waals surface area (Å²) < 4.78 is 0. The number of nitro benzene ring substituents is 1. The Hall–Kier alpha value is -2.48. The summed E-state index contributed by atoms with van der Waals surface area (Å²) in [5, 5.41) is 24.2. The van der Waals surface area contributed by atoms with E-state index in [4.69, 9.17) is 23.2 Å². The molecule has 0 unspecified atom stereocenters. The van der Waals surface area contributed by atoms with Crippen LogP contribution in [-0.2, 0) is 10.4 Å². The molecule has 2 N–H and O–H groups in total. The molecule has 0 bridgehead atoms. The lowest BCUT2D eigenvalue weighted by Gasteiger charge is -2.20. The van der Waals surface area contributed by atoms with Gasteiger partial charge in [-0.25, -0.2) is 0 Å². The van der Waals surface area contributed by atoms with Gasteiger partial charge in [0.1, 0.15) is 0 Å². The molecule has 9 heteroatoms. The molecule has 1 atom stereocenters. The molecular formula is C16H10Cl2N2O5. The molecule has 2 aromatic rings. The fourth-order valence-corrected chi connectivity index (χ4v) is 3.19. The highest BCUT2D eigenvalue weighted by Gasteiger charge is 2.47. The fourth-order valence-electron chi connectivity index (χ4n) is 2.65. The Morgan fingerprint density at radius 1 is 1.24 bits per heavy atom. The van der Waals surface area contributed by atoms with Gasteiger partial charge in [-0.15, -0.1) is 0 Å². The van der Waals surface area contributed by atoms with Crippen molar-refractivity contribution in [1.82, 2.24) is 0 Å². The number of Topliss-reactive ketones (excluding diaryl/α,β-unsaturated/α-hetero) is 1. The summed E-state index contributed by atoms with van der Waals surface area (Å²) in [4.78, 5) is 34.7. The molecule has 0 saturated carbocycles. The number of amides is 1. The molecule has 1 amide bonds. The second kappa shape index (κ2) is 6.11. The van der Waals surface area contributed by atoms with Gasteiger partial charge in [-0.1, -0.05) is 23.2 Å². The Kier molecular flexibility index (Phi) is 4.24. The van der Waals surface area contributed by atoms with Crippen molar-refractivity contribution in [3.63, 3.8) is 0 Å². The number of halogens is 2. The minimum atomic E-state index is -2.12. The van der Waals surface area contributed by atoms with Crippen molar-refractivity contribution in [1.29, 1.82) is 0 Å². The van der Waals surface area contributed by atoms with Gasteiger partial charge >= 0.3 is 0 Å². The van der Waals surface area contributed by atoms with Crippen LogP contribution < -0.4 is 5.32 Å². The van der Waals surface area contributed by atoms with Crippen LogP contribution in [0, 0.1) is 10.1 Å². The molecule has 1 aliphatic heterocycles. The zero-order valence-electron chi connectivity index (χ0n) is 12.5. The number of benzene rings is 2. The number of carbonyl (C=O) groups excluding carboxylic acids is 2. The number of carbonyl (C=O) groups is 2. The van der Waals surface area contributed by atoms with Gasteiger partial charge in [-0.05, 0) is 24.3 Å². The van der Waals surface area contributed by atoms with Crippen molar-refractivity contribution in [3.05, 3.63) is 67.7 Å². The van der Waals surface area contributed by atoms with E-state index in [9.17, 15) is 24.8 Å². The van der Waals surface area contributed by atoms with E-state index in [-0.39, 0.29) is 32.5 Å². The van der Waals surface area contributed by atoms with E-state index in [1.165, 1.54) is 36.4 Å². The maximum absolute atomic E-state index is 12.4. The van der Waals surface area contributed by atoms with E-state index < -0.39 is 28.6 Å². The Balaban J connectivity index is 1.93. The topological polar surface area (TPSA) is 110 Å². The molecule has 1 heterocycles. The van der Waals surface area contributed by atoms with Crippen molar-refractivity contribution < 1.29 is 19.6 Å². The zero-order valence-corrected chi connectivity index (χ0v) is 14.0. The number of nitro groups is 1. The first-order chi connectivity index (χ1) is 11.7. The molecule has 0 fully saturated rings. The van der Waals surface area contributed by atoms with Crippen LogP contribution in [0.15, 0.2) is 36.4 Å². The minimum Gasteiger partial charge on any atom is -0.375 e. The SMILES string of the molecule is O=C(C[C@]1(O)C(=O)Nc2c(Cl)cc(Cl)cc21)c1ccc([N+](=O)[O-])cc1. The smallest absolute Gasteiger partial charge is 0.269 e. The Labute approximate surface area is 151 Å². The number of nitrogens with one attached hydrogen (secondary N) is 1. The van der Waals surface area contributed by atoms with Gasteiger partial charge in [0, 0.05) is 28.3 Å². The molecule has 0 aromatic heterocycles. The van der Waals surface area contributed by atoms with Gasteiger partial charge in [-0.3, -0.25) is 19.7 Å². The van der Waals surface area contributed by atoms with Crippen molar-refractivity contribution >= 4 is 46.3 Å². The Morgan fingerprint density at radius 2 is 1.88 bits per heavy atom. The van der Waals surface area contributed by atoms with E-state index in [1.54, 1.807) is 0 Å². The van der Waals surface area contributed by atoms with Gasteiger partial charge in [0.05, 0.1) is 22.1 Å². The van der Waals surface area contributed by atoms with E-state index >= 15 is 0 Å². The summed E-state index contributed by atoms with van der Waals surface area (Å²) >= 11 is 11.9. The molecule has 128 valence electrons. The van der Waals surface area contributed by atoms with Crippen LogP contribution in [0.3, 0.4) is 0 Å². The summed E-state index contributed by atoms with van der Waals surface area (Å²) in [5.41, 5.74) is -1.84. The lowest BCUT2D eigenvalue weighted by molar-refractivity contribution is -0.384. The molecule has 25 heavy (non-hydrogen) atoms. The number of anilines is 1. The molecule has 3 rings (SSSR count). The summed E-state index contributed by atoms with van der Waals surface area (Å²) in [5.74, 6) is -1.35. The maximum atomic E-state index is 12.4. The summed E-state index contributed by atoms with van der Waals surface area (Å²) in [6.07, 6.45) is -0.555. The van der Waals surface area contributed by atoms with Gasteiger partial charge in [0.15, 0.2) is 11.4 Å². The summed E-state index contributed by atoms with van der Waals surface area (Å²) in [6.45, 7) is 0. The third kappa shape index (κ3) is 2.97. The van der Waals surface area contributed by atoms with Crippen molar-refractivity contribution in [3.8, 4) is 0 Å². The first kappa shape index (κ1) is 17.3. The first-order valence-corrected chi connectivity index (χ1v) is 7.79. The molecule has 0 saturated heterocycles. The number of aliphatic hydroxyl groups is 1. The predicted octanol–water partition coefficient (Wildman–Crippen LogP) is 3.31. The highest BCUT2D eigenvalue weighted by molar-refractivity contribution is 6.37. The Bertz CT molecular complexity index is 913. The molecule has 1 aliphatic rings. The molecule has 2 aromatic carbocycles. The molecule has 0 radical (unpaired) electrons. The van der Waals surface area contributed by atoms with Crippen LogP contribution in [0.1, 0.15) is 22.3 Å². The third-order valence-electron chi connectivity index (χ3n) is 3.93. The van der Waals surface area contributed by atoms with E-state index in [0.717, 1.165) is 0 Å². The quantitative estimate of drug-likeness (QED) is 0.480. The maximum Gasteiger partial charge on any atom is 0.269 e. The zero-order chi connectivity index (χ0) is 18.4. The van der Waals surface area contributed by atoms with E-state index in [2.05, 4.69) is 5.32 Å². The van der Waals surface area contributed by atoms with E-state index in [0.29, 0.717) is 0 Å². The van der Waals surface area contributed by atoms with E-state index in [1.807, 2.05) is 0 Å². The van der Waals surface area contributed by atoms with Crippen LogP contribution in [-0.4, -0.2) is 21.7 Å². The van der Waals surface area contributed by atoms with Gasteiger partial charge in [0.25, 0.3) is 11.6 Å². The normalized spacial score (nSPS) is 18.6. The fraction of sp³-hybridized carbons (Fsp3) is 0.125. The highest BCUT2D eigenvalue weighted by atomic mass is 35.5. The number of hydrogen-bond acceptors (Lipinski definition) is 5. The average molecular weight is 381 g/mol. The van der Waals surface area contributed by atoms with Gasteiger partial charge < -0.3 is 10.4 Å². The molecule has 0 aliphatic carbocycles. The average Bonchev–Trinajstić information content (AvgIpc) is 2.80. The number of rotatable bonds is 4. The van der Waals surface area contributed by atoms with Gasteiger partial charge in [0.2, 0.25) is 0 Å². The van der Waals surface area contributed by atoms with Crippen LogP contribution in [0.25, 0.3) is 0 Å². The van der Waals surface area contributed by atoms with Gasteiger partial charge in [-0.2, -0.15) is 0 Å². The molecule has 0 spiro atoms. The van der Waals surface area contributed by atoms with Crippen LogP contribution in [0.5, 0.6) is 0 Å². The monoisotopic (exact) mass is 380 g/mol. The second-order valence-corrected chi connectivity index (χ2v) is 6.37. The highest BCUT2D eigenvalue weighted by Crippen LogP contribution is 2.44. The molecular weight excluding hydrogens is 371 g/mol. The molecule has 7 nitrogen and oxygen atoms in total. The lowest BCUT2D eigenvalue weighted by atomic mass is 9.88.